The van der Waals surface area contributed by atoms with Gasteiger partial charge in [0.25, 0.3) is 0 Å². The van der Waals surface area contributed by atoms with Gasteiger partial charge in [0.2, 0.25) is 0 Å². The molecule has 0 atom stereocenters. The largest absolute Gasteiger partial charge is 0.494 e. The van der Waals surface area contributed by atoms with Crippen molar-refractivity contribution >= 4 is 0 Å². The summed E-state index contributed by atoms with van der Waals surface area (Å²) in [5, 5.41) is 0. The molecule has 0 aliphatic carbocycles. The monoisotopic (exact) mass is 209 g/mol. The van der Waals surface area contributed by atoms with E-state index in [1.54, 1.807) is 0 Å². The molecule has 2 N–H and O–H groups in total. The maximum absolute atomic E-state index is 5.82. The molecular formula is C12H19NO2. The zero-order chi connectivity index (χ0) is 11.3. The minimum Gasteiger partial charge on any atom is -0.494 e. The maximum atomic E-state index is 5.82. The van der Waals surface area contributed by atoms with E-state index in [2.05, 4.69) is 0 Å². The molecule has 0 aliphatic heterocycles. The van der Waals surface area contributed by atoms with Crippen molar-refractivity contribution in [3.05, 3.63) is 24.3 Å². The van der Waals surface area contributed by atoms with Gasteiger partial charge in [-0.3, -0.25) is 0 Å². The highest BCUT2D eigenvalue weighted by Gasteiger charge is 2.11. The van der Waals surface area contributed by atoms with Gasteiger partial charge in [-0.25, -0.2) is 0 Å². The summed E-state index contributed by atoms with van der Waals surface area (Å²) in [4.78, 5) is 0. The van der Waals surface area contributed by atoms with Crippen molar-refractivity contribution in [3.8, 4) is 11.5 Å². The van der Waals surface area contributed by atoms with Crippen molar-refractivity contribution in [2.75, 3.05) is 13.2 Å². The molecule has 3 heteroatoms. The summed E-state index contributed by atoms with van der Waals surface area (Å²) < 4.78 is 10.9. The second-order valence-electron chi connectivity index (χ2n) is 4.19. The first-order chi connectivity index (χ1) is 7.01. The summed E-state index contributed by atoms with van der Waals surface area (Å²) >= 11 is 0. The lowest BCUT2D eigenvalue weighted by molar-refractivity contribution is 0.241. The summed E-state index contributed by atoms with van der Waals surface area (Å²) in [6.45, 7) is 6.96. The maximum Gasteiger partial charge on any atom is 0.123 e. The minimum atomic E-state index is -0.318. The zero-order valence-electron chi connectivity index (χ0n) is 9.62. The number of ether oxygens (including phenoxy) is 2. The highest BCUT2D eigenvalue weighted by atomic mass is 16.5. The van der Waals surface area contributed by atoms with Crippen molar-refractivity contribution in [1.29, 1.82) is 0 Å². The Balaban J connectivity index is 2.57. The lowest BCUT2D eigenvalue weighted by Crippen LogP contribution is -2.38. The third-order valence-corrected chi connectivity index (χ3v) is 1.73. The normalized spacial score (nSPS) is 11.2. The highest BCUT2D eigenvalue weighted by molar-refractivity contribution is 5.32. The molecule has 15 heavy (non-hydrogen) atoms. The molecule has 0 aliphatic rings. The van der Waals surface area contributed by atoms with E-state index in [1.165, 1.54) is 0 Å². The van der Waals surface area contributed by atoms with Crippen LogP contribution in [-0.2, 0) is 0 Å². The average Bonchev–Trinajstić information content (AvgIpc) is 2.15. The molecule has 0 bridgehead atoms. The molecule has 1 aromatic rings. The van der Waals surface area contributed by atoms with E-state index in [0.29, 0.717) is 13.2 Å². The van der Waals surface area contributed by atoms with Crippen LogP contribution < -0.4 is 15.2 Å². The van der Waals surface area contributed by atoms with Crippen LogP contribution in [0.1, 0.15) is 20.8 Å². The van der Waals surface area contributed by atoms with Crippen molar-refractivity contribution in [2.45, 2.75) is 26.3 Å². The minimum absolute atomic E-state index is 0.318. The van der Waals surface area contributed by atoms with Crippen LogP contribution in [0.25, 0.3) is 0 Å². The first-order valence-electron chi connectivity index (χ1n) is 5.16. The molecular weight excluding hydrogens is 190 g/mol. The van der Waals surface area contributed by atoms with Gasteiger partial charge in [-0.2, -0.15) is 0 Å². The van der Waals surface area contributed by atoms with Gasteiger partial charge in [-0.05, 0) is 32.9 Å². The molecule has 0 saturated heterocycles. The van der Waals surface area contributed by atoms with E-state index in [-0.39, 0.29) is 5.54 Å². The second kappa shape index (κ2) is 5.03. The first-order valence-corrected chi connectivity index (χ1v) is 5.16. The Morgan fingerprint density at radius 2 is 1.80 bits per heavy atom. The fourth-order valence-electron chi connectivity index (χ4n) is 1.09. The zero-order valence-corrected chi connectivity index (χ0v) is 9.62. The Hall–Kier alpha value is -1.22. The van der Waals surface area contributed by atoms with E-state index in [0.717, 1.165) is 11.5 Å². The van der Waals surface area contributed by atoms with E-state index >= 15 is 0 Å². The average molecular weight is 209 g/mol. The smallest absolute Gasteiger partial charge is 0.123 e. The Kier molecular flexibility index (Phi) is 3.97. The molecule has 84 valence electrons. The van der Waals surface area contributed by atoms with Gasteiger partial charge in [0, 0.05) is 11.6 Å². The van der Waals surface area contributed by atoms with Crippen LogP contribution in [0.4, 0.5) is 0 Å². The van der Waals surface area contributed by atoms with Crippen LogP contribution in [0.15, 0.2) is 24.3 Å². The van der Waals surface area contributed by atoms with E-state index < -0.39 is 0 Å². The first kappa shape index (κ1) is 11.9. The van der Waals surface area contributed by atoms with Gasteiger partial charge < -0.3 is 15.2 Å². The van der Waals surface area contributed by atoms with Gasteiger partial charge in [0.15, 0.2) is 0 Å². The SMILES string of the molecule is CCOc1cccc(OCC(C)(C)N)c1. The molecule has 1 aromatic carbocycles. The van der Waals surface area contributed by atoms with Crippen LogP contribution in [0.2, 0.25) is 0 Å². The molecule has 0 aromatic heterocycles. The number of rotatable bonds is 5. The number of nitrogens with two attached hydrogens (primary N) is 1. The molecule has 1 rings (SSSR count). The van der Waals surface area contributed by atoms with Gasteiger partial charge in [-0.15, -0.1) is 0 Å². The van der Waals surface area contributed by atoms with Crippen LogP contribution >= 0.6 is 0 Å². The summed E-state index contributed by atoms with van der Waals surface area (Å²) in [5.41, 5.74) is 5.51. The summed E-state index contributed by atoms with van der Waals surface area (Å²) in [6, 6.07) is 7.58. The van der Waals surface area contributed by atoms with Crippen molar-refractivity contribution < 1.29 is 9.47 Å². The predicted octanol–water partition coefficient (Wildman–Crippen LogP) is 2.20. The van der Waals surface area contributed by atoms with E-state index in [4.69, 9.17) is 15.2 Å². The predicted molar refractivity (Wildman–Crippen MR) is 61.4 cm³/mol. The second-order valence-corrected chi connectivity index (χ2v) is 4.19. The van der Waals surface area contributed by atoms with Crippen LogP contribution in [0.3, 0.4) is 0 Å². The number of benzene rings is 1. The van der Waals surface area contributed by atoms with Gasteiger partial charge in [0.05, 0.1) is 6.61 Å². The Bertz CT molecular complexity index is 305. The van der Waals surface area contributed by atoms with Crippen LogP contribution in [0, 0.1) is 0 Å². The Morgan fingerprint density at radius 3 is 2.33 bits per heavy atom. The number of hydrogen-bond acceptors (Lipinski definition) is 3. The molecule has 3 nitrogen and oxygen atoms in total. The molecule has 0 radical (unpaired) electrons. The number of hydrogen-bond donors (Lipinski definition) is 1. The van der Waals surface area contributed by atoms with Crippen LogP contribution in [0.5, 0.6) is 11.5 Å². The molecule has 0 spiro atoms. The van der Waals surface area contributed by atoms with E-state index in [1.807, 2.05) is 45.0 Å². The van der Waals surface area contributed by atoms with Crippen LogP contribution in [-0.4, -0.2) is 18.8 Å². The lowest BCUT2D eigenvalue weighted by atomic mass is 10.1. The third-order valence-electron chi connectivity index (χ3n) is 1.73. The highest BCUT2D eigenvalue weighted by Crippen LogP contribution is 2.19. The standard InChI is InChI=1S/C12H19NO2/c1-4-14-10-6-5-7-11(8-10)15-9-12(2,3)13/h5-8H,4,9,13H2,1-3H3. The fraction of sp³-hybridized carbons (Fsp3) is 0.500. The lowest BCUT2D eigenvalue weighted by Gasteiger charge is -2.19. The topological polar surface area (TPSA) is 44.5 Å². The summed E-state index contributed by atoms with van der Waals surface area (Å²) in [7, 11) is 0. The molecule has 0 amide bonds. The molecule has 0 fully saturated rings. The molecule has 0 unspecified atom stereocenters. The fourth-order valence-corrected chi connectivity index (χ4v) is 1.09. The van der Waals surface area contributed by atoms with Gasteiger partial charge >= 0.3 is 0 Å². The molecule has 0 saturated carbocycles. The quantitative estimate of drug-likeness (QED) is 0.808. The van der Waals surface area contributed by atoms with Crippen molar-refractivity contribution in [2.24, 2.45) is 5.73 Å². The Labute approximate surface area is 91.2 Å². The van der Waals surface area contributed by atoms with Gasteiger partial charge in [-0.1, -0.05) is 6.07 Å². The third kappa shape index (κ3) is 4.70. The molecule has 0 heterocycles. The van der Waals surface area contributed by atoms with E-state index in [9.17, 15) is 0 Å². The summed E-state index contributed by atoms with van der Waals surface area (Å²) in [6.07, 6.45) is 0. The van der Waals surface area contributed by atoms with Crippen molar-refractivity contribution in [1.82, 2.24) is 0 Å². The Morgan fingerprint density at radius 1 is 1.20 bits per heavy atom. The van der Waals surface area contributed by atoms with Crippen molar-refractivity contribution in [3.63, 3.8) is 0 Å². The summed E-state index contributed by atoms with van der Waals surface area (Å²) in [5.74, 6) is 1.62. The van der Waals surface area contributed by atoms with Gasteiger partial charge in [0.1, 0.15) is 18.1 Å².